The Balaban J connectivity index is 1.70. The smallest absolute Gasteiger partial charge is 0.237 e. The van der Waals surface area contributed by atoms with E-state index in [1.165, 1.54) is 17.8 Å². The van der Waals surface area contributed by atoms with E-state index >= 15 is 0 Å². The molecule has 6 nitrogen and oxygen atoms in total. The molecule has 0 aromatic heterocycles. The topological polar surface area (TPSA) is 92.3 Å². The first-order valence-electron chi connectivity index (χ1n) is 8.91. The Bertz CT molecular complexity index is 816. The quantitative estimate of drug-likeness (QED) is 0.798. The van der Waals surface area contributed by atoms with Gasteiger partial charge in [-0.05, 0) is 38.0 Å². The Morgan fingerprint density at radius 1 is 1.35 bits per heavy atom. The van der Waals surface area contributed by atoms with E-state index in [0.717, 1.165) is 30.6 Å². The van der Waals surface area contributed by atoms with Gasteiger partial charge in [-0.15, -0.1) is 11.8 Å². The van der Waals surface area contributed by atoms with Gasteiger partial charge in [0.25, 0.3) is 0 Å². The lowest BCUT2D eigenvalue weighted by Crippen LogP contribution is -2.38. The average molecular weight is 397 g/mol. The maximum absolute atomic E-state index is 12.7. The third-order valence-corrected chi connectivity index (χ3v) is 7.95. The molecule has 26 heavy (non-hydrogen) atoms. The van der Waals surface area contributed by atoms with E-state index in [1.54, 1.807) is 26.0 Å². The monoisotopic (exact) mass is 396 g/mol. The number of fused-ring (bicyclic) bond motifs is 1. The molecular formula is C18H24N2O4S2. The van der Waals surface area contributed by atoms with Gasteiger partial charge in [-0.2, -0.15) is 0 Å². The minimum atomic E-state index is -3.62. The van der Waals surface area contributed by atoms with Crippen LogP contribution in [-0.4, -0.2) is 37.3 Å². The number of carbonyl (C=O) groups excluding carboxylic acids is 2. The van der Waals surface area contributed by atoms with E-state index in [9.17, 15) is 18.0 Å². The molecule has 3 rings (SSSR count). The second-order valence-electron chi connectivity index (χ2n) is 7.08. The number of benzene rings is 1. The largest absolute Gasteiger partial charge is 0.353 e. The zero-order valence-electron chi connectivity index (χ0n) is 14.9. The first-order chi connectivity index (χ1) is 12.3. The summed E-state index contributed by atoms with van der Waals surface area (Å²) in [5.41, 5.74) is 0.516. The fraction of sp³-hybridized carbons (Fsp3) is 0.556. The minimum Gasteiger partial charge on any atom is -0.353 e. The van der Waals surface area contributed by atoms with E-state index in [4.69, 9.17) is 0 Å². The normalized spacial score (nSPS) is 21.8. The molecule has 0 bridgehead atoms. The van der Waals surface area contributed by atoms with Crippen LogP contribution in [0.2, 0.25) is 0 Å². The Labute approximate surface area is 158 Å². The number of hydrogen-bond donors (Lipinski definition) is 2. The van der Waals surface area contributed by atoms with Gasteiger partial charge in [-0.3, -0.25) is 9.59 Å². The number of rotatable bonds is 5. The zero-order chi connectivity index (χ0) is 18.9. The Kier molecular flexibility index (Phi) is 5.62. The van der Waals surface area contributed by atoms with Gasteiger partial charge in [0, 0.05) is 16.9 Å². The van der Waals surface area contributed by atoms with Crippen LogP contribution in [0.4, 0.5) is 5.69 Å². The summed E-state index contributed by atoms with van der Waals surface area (Å²) in [6.45, 7) is 3.44. The van der Waals surface area contributed by atoms with Crippen molar-refractivity contribution in [2.75, 3.05) is 11.1 Å². The predicted octanol–water partition coefficient (Wildman–Crippen LogP) is 2.59. The van der Waals surface area contributed by atoms with Crippen LogP contribution in [0.5, 0.6) is 0 Å². The maximum Gasteiger partial charge on any atom is 0.237 e. The molecular weight excluding hydrogens is 372 g/mol. The van der Waals surface area contributed by atoms with Crippen LogP contribution in [0.15, 0.2) is 28.0 Å². The second kappa shape index (κ2) is 7.60. The Hall–Kier alpha value is -1.54. The highest BCUT2D eigenvalue weighted by molar-refractivity contribution is 8.01. The third-order valence-electron chi connectivity index (χ3n) is 4.86. The summed E-state index contributed by atoms with van der Waals surface area (Å²) in [6, 6.07) is 4.92. The van der Waals surface area contributed by atoms with Gasteiger partial charge in [0.05, 0.1) is 21.6 Å². The van der Waals surface area contributed by atoms with Crippen LogP contribution in [0, 0.1) is 5.92 Å². The second-order valence-corrected chi connectivity index (χ2v) is 10.5. The van der Waals surface area contributed by atoms with Crippen molar-refractivity contribution in [2.45, 2.75) is 60.6 Å². The van der Waals surface area contributed by atoms with Crippen molar-refractivity contribution in [3.05, 3.63) is 18.2 Å². The number of hydrogen-bond acceptors (Lipinski definition) is 5. The van der Waals surface area contributed by atoms with E-state index in [-0.39, 0.29) is 33.8 Å². The van der Waals surface area contributed by atoms with Crippen LogP contribution in [0.1, 0.15) is 39.5 Å². The molecule has 0 spiro atoms. The molecule has 0 radical (unpaired) electrons. The van der Waals surface area contributed by atoms with Gasteiger partial charge in [0.1, 0.15) is 0 Å². The summed E-state index contributed by atoms with van der Waals surface area (Å²) >= 11 is 1.40. The van der Waals surface area contributed by atoms with Crippen LogP contribution in [0.25, 0.3) is 0 Å². The SMILES string of the molecule is C[C@H](CS(=O)(=O)c1ccc2c(c1)NC(=O)[C@H](C)S2)C(=O)NC1CCCC1. The zero-order valence-corrected chi connectivity index (χ0v) is 16.6. The van der Waals surface area contributed by atoms with Gasteiger partial charge >= 0.3 is 0 Å². The minimum absolute atomic E-state index is 0.132. The summed E-state index contributed by atoms with van der Waals surface area (Å²) in [7, 11) is -3.62. The molecule has 1 heterocycles. The molecule has 2 aliphatic rings. The predicted molar refractivity (Wildman–Crippen MR) is 102 cm³/mol. The molecule has 1 aromatic rings. The summed E-state index contributed by atoms with van der Waals surface area (Å²) in [5, 5.41) is 5.49. The lowest BCUT2D eigenvalue weighted by Gasteiger charge is -2.22. The molecule has 1 aliphatic carbocycles. The first-order valence-corrected chi connectivity index (χ1v) is 11.4. The molecule has 1 aromatic carbocycles. The van der Waals surface area contributed by atoms with Crippen molar-refractivity contribution in [1.29, 1.82) is 0 Å². The Morgan fingerprint density at radius 3 is 2.73 bits per heavy atom. The summed E-state index contributed by atoms with van der Waals surface area (Å²) in [6.07, 6.45) is 4.14. The highest BCUT2D eigenvalue weighted by atomic mass is 32.2. The molecule has 1 aliphatic heterocycles. The number of amides is 2. The summed E-state index contributed by atoms with van der Waals surface area (Å²) in [5.74, 6) is -1.22. The van der Waals surface area contributed by atoms with Gasteiger partial charge in [-0.1, -0.05) is 19.8 Å². The summed E-state index contributed by atoms with van der Waals surface area (Å²) < 4.78 is 25.4. The van der Waals surface area contributed by atoms with Crippen molar-refractivity contribution in [2.24, 2.45) is 5.92 Å². The molecule has 0 unspecified atom stereocenters. The van der Waals surface area contributed by atoms with Crippen molar-refractivity contribution in [3.63, 3.8) is 0 Å². The molecule has 0 saturated heterocycles. The lowest BCUT2D eigenvalue weighted by molar-refractivity contribution is -0.124. The molecule has 2 atom stereocenters. The highest BCUT2D eigenvalue weighted by Gasteiger charge is 2.28. The molecule has 8 heteroatoms. The molecule has 2 amide bonds. The van der Waals surface area contributed by atoms with Crippen LogP contribution in [0.3, 0.4) is 0 Å². The fourth-order valence-corrected chi connectivity index (χ4v) is 5.80. The van der Waals surface area contributed by atoms with Crippen LogP contribution in [-0.2, 0) is 19.4 Å². The van der Waals surface area contributed by atoms with E-state index in [0.29, 0.717) is 5.69 Å². The number of nitrogens with one attached hydrogen (secondary N) is 2. The molecule has 142 valence electrons. The highest BCUT2D eigenvalue weighted by Crippen LogP contribution is 2.37. The first kappa shape index (κ1) is 19.2. The molecule has 1 saturated carbocycles. The standard InChI is InChI=1S/C18H24N2O4S2/c1-11(17(21)19-13-5-3-4-6-13)10-26(23,24)14-7-8-16-15(9-14)20-18(22)12(2)25-16/h7-9,11-13H,3-6,10H2,1-2H3,(H,19,21)(H,20,22)/t11-,12+/m1/s1. The number of anilines is 1. The van der Waals surface area contributed by atoms with Gasteiger partial charge in [0.15, 0.2) is 9.84 Å². The van der Waals surface area contributed by atoms with E-state index in [2.05, 4.69) is 10.6 Å². The van der Waals surface area contributed by atoms with E-state index in [1.807, 2.05) is 0 Å². The van der Waals surface area contributed by atoms with Crippen LogP contribution >= 0.6 is 11.8 Å². The van der Waals surface area contributed by atoms with Gasteiger partial charge in [0.2, 0.25) is 11.8 Å². The fourth-order valence-electron chi connectivity index (χ4n) is 3.30. The molecule has 2 N–H and O–H groups in total. The summed E-state index contributed by atoms with van der Waals surface area (Å²) in [4.78, 5) is 25.1. The number of thioether (sulfide) groups is 1. The van der Waals surface area contributed by atoms with Crippen molar-refractivity contribution < 1.29 is 18.0 Å². The van der Waals surface area contributed by atoms with Gasteiger partial charge < -0.3 is 10.6 Å². The number of carbonyl (C=O) groups is 2. The van der Waals surface area contributed by atoms with Crippen molar-refractivity contribution in [3.8, 4) is 0 Å². The Morgan fingerprint density at radius 2 is 2.04 bits per heavy atom. The van der Waals surface area contributed by atoms with Crippen molar-refractivity contribution >= 4 is 39.1 Å². The maximum atomic E-state index is 12.7. The van der Waals surface area contributed by atoms with Crippen LogP contribution < -0.4 is 10.6 Å². The molecule has 1 fully saturated rings. The average Bonchev–Trinajstić information content (AvgIpc) is 3.08. The number of sulfone groups is 1. The van der Waals surface area contributed by atoms with E-state index < -0.39 is 15.8 Å². The lowest BCUT2D eigenvalue weighted by atomic mass is 10.1. The third kappa shape index (κ3) is 4.23. The van der Waals surface area contributed by atoms with Crippen molar-refractivity contribution in [1.82, 2.24) is 5.32 Å². The van der Waals surface area contributed by atoms with Gasteiger partial charge in [-0.25, -0.2) is 8.42 Å².